The minimum atomic E-state index is -3.55. The van der Waals surface area contributed by atoms with Gasteiger partial charge in [-0.25, -0.2) is 4.79 Å². The van der Waals surface area contributed by atoms with Crippen molar-refractivity contribution in [1.82, 2.24) is 9.55 Å². The summed E-state index contributed by atoms with van der Waals surface area (Å²) in [6, 6.07) is 1.20. The number of nitrogens with two attached hydrogens (primary N) is 1. The Bertz CT molecular complexity index is 491. The number of nitrogens with zero attached hydrogens (tertiary/aromatic N) is 2. The molecule has 3 N–H and O–H groups in total. The highest BCUT2D eigenvalue weighted by Crippen LogP contribution is 2.41. The number of ether oxygens (including phenoxy) is 1. The second-order valence-corrected chi connectivity index (χ2v) is 3.86. The van der Waals surface area contributed by atoms with Crippen LogP contribution in [-0.2, 0) is 4.74 Å². The number of hydrogen-bond acceptors (Lipinski definition) is 5. The average Bonchev–Trinajstić information content (AvgIpc) is 2.43. The van der Waals surface area contributed by atoms with Gasteiger partial charge in [0.2, 0.25) is 6.23 Å². The van der Waals surface area contributed by atoms with E-state index >= 15 is 0 Å². The van der Waals surface area contributed by atoms with Gasteiger partial charge in [0.15, 0.2) is 0 Å². The molecule has 0 radical (unpaired) electrons. The lowest BCUT2D eigenvalue weighted by Gasteiger charge is -2.20. The van der Waals surface area contributed by atoms with Crippen molar-refractivity contribution < 1.29 is 18.6 Å². The maximum atomic E-state index is 13.6. The van der Waals surface area contributed by atoms with Crippen LogP contribution in [0.1, 0.15) is 13.2 Å². The van der Waals surface area contributed by atoms with Gasteiger partial charge in [-0.15, -0.1) is 0 Å². The molecule has 1 fully saturated rings. The number of alkyl halides is 2. The van der Waals surface area contributed by atoms with E-state index in [9.17, 15) is 18.7 Å². The molecule has 17 heavy (non-hydrogen) atoms. The van der Waals surface area contributed by atoms with Gasteiger partial charge in [-0.05, 0) is 13.0 Å². The van der Waals surface area contributed by atoms with E-state index in [2.05, 4.69) is 4.98 Å². The van der Waals surface area contributed by atoms with E-state index in [0.29, 0.717) is 4.57 Å². The van der Waals surface area contributed by atoms with Crippen LogP contribution in [0.3, 0.4) is 0 Å². The Kier molecular flexibility index (Phi) is 2.63. The van der Waals surface area contributed by atoms with Crippen molar-refractivity contribution in [3.63, 3.8) is 0 Å². The second-order valence-electron chi connectivity index (χ2n) is 3.86. The topological polar surface area (TPSA) is 90.4 Å². The monoisotopic (exact) mass is 247 g/mol. The van der Waals surface area contributed by atoms with Gasteiger partial charge < -0.3 is 15.6 Å². The molecule has 0 aromatic carbocycles. The van der Waals surface area contributed by atoms with Crippen LogP contribution in [0.4, 0.5) is 14.6 Å². The molecule has 2 rings (SSSR count). The molecule has 1 aromatic heterocycles. The fourth-order valence-electron chi connectivity index (χ4n) is 1.68. The molecule has 0 saturated carbocycles. The number of aromatic nitrogens is 2. The van der Waals surface area contributed by atoms with E-state index in [0.717, 1.165) is 6.20 Å². The summed E-state index contributed by atoms with van der Waals surface area (Å²) < 4.78 is 32.7. The van der Waals surface area contributed by atoms with Gasteiger partial charge in [-0.1, -0.05) is 0 Å². The summed E-state index contributed by atoms with van der Waals surface area (Å²) in [7, 11) is 0. The van der Waals surface area contributed by atoms with E-state index in [4.69, 9.17) is 10.5 Å². The normalized spacial score (nSPS) is 31.6. The highest BCUT2D eigenvalue weighted by atomic mass is 19.3. The van der Waals surface area contributed by atoms with Crippen LogP contribution >= 0.6 is 0 Å². The smallest absolute Gasteiger partial charge is 0.351 e. The summed E-state index contributed by atoms with van der Waals surface area (Å²) in [5, 5.41) is 9.27. The standard InChI is InChI=1S/C9H11F2N3O3/c1-4-6(15)9(10,11)7(17-4)14-3-2-5(12)13-8(14)16/h2-4,6-7,15H,1H3,(H2,12,13,16)/t4-,6+,7-/m1/s1. The van der Waals surface area contributed by atoms with Crippen LogP contribution in [-0.4, -0.2) is 32.8 Å². The SMILES string of the molecule is C[C@H]1O[C@@H](n2ccc(N)nc2=O)C(F)(F)[C@H]1O. The van der Waals surface area contributed by atoms with Crippen LogP contribution in [0.5, 0.6) is 0 Å². The van der Waals surface area contributed by atoms with E-state index in [1.807, 2.05) is 0 Å². The van der Waals surface area contributed by atoms with Crippen molar-refractivity contribution in [2.45, 2.75) is 31.3 Å². The fraction of sp³-hybridized carbons (Fsp3) is 0.556. The lowest BCUT2D eigenvalue weighted by molar-refractivity contribution is -0.140. The van der Waals surface area contributed by atoms with Crippen molar-refractivity contribution in [2.75, 3.05) is 5.73 Å². The Hall–Kier alpha value is -1.54. The molecule has 0 spiro atoms. The minimum Gasteiger partial charge on any atom is -0.384 e. The van der Waals surface area contributed by atoms with Crippen molar-refractivity contribution in [3.05, 3.63) is 22.7 Å². The molecular formula is C9H11F2N3O3. The largest absolute Gasteiger partial charge is 0.384 e. The van der Waals surface area contributed by atoms with E-state index in [-0.39, 0.29) is 5.82 Å². The number of nitrogen functional groups attached to an aromatic ring is 1. The van der Waals surface area contributed by atoms with Crippen LogP contribution in [0, 0.1) is 0 Å². The highest BCUT2D eigenvalue weighted by molar-refractivity contribution is 5.23. The first kappa shape index (κ1) is 11.9. The molecule has 1 aliphatic rings. The van der Waals surface area contributed by atoms with E-state index < -0.39 is 30.0 Å². The third-order valence-corrected chi connectivity index (χ3v) is 2.62. The zero-order valence-electron chi connectivity index (χ0n) is 8.88. The lowest BCUT2D eigenvalue weighted by Crippen LogP contribution is -2.41. The lowest BCUT2D eigenvalue weighted by atomic mass is 10.1. The minimum absolute atomic E-state index is 0.0684. The first-order chi connectivity index (χ1) is 7.84. The van der Waals surface area contributed by atoms with Crippen LogP contribution in [0.2, 0.25) is 0 Å². The Morgan fingerprint density at radius 2 is 2.29 bits per heavy atom. The van der Waals surface area contributed by atoms with Crippen molar-refractivity contribution in [1.29, 1.82) is 0 Å². The molecule has 8 heteroatoms. The molecular weight excluding hydrogens is 236 g/mol. The maximum absolute atomic E-state index is 13.6. The van der Waals surface area contributed by atoms with Crippen molar-refractivity contribution in [2.24, 2.45) is 0 Å². The number of aliphatic hydroxyl groups is 1. The zero-order valence-corrected chi connectivity index (χ0v) is 8.88. The average molecular weight is 247 g/mol. The molecule has 94 valence electrons. The Balaban J connectivity index is 2.45. The van der Waals surface area contributed by atoms with Crippen LogP contribution in [0.25, 0.3) is 0 Å². The number of hydrogen-bond donors (Lipinski definition) is 2. The molecule has 1 aliphatic heterocycles. The molecule has 3 atom stereocenters. The van der Waals surface area contributed by atoms with E-state index in [1.165, 1.54) is 13.0 Å². The summed E-state index contributed by atoms with van der Waals surface area (Å²) in [6.45, 7) is 1.30. The first-order valence-corrected chi connectivity index (χ1v) is 4.90. The van der Waals surface area contributed by atoms with Crippen LogP contribution in [0.15, 0.2) is 17.1 Å². The predicted octanol–water partition coefficient (Wildman–Crippen LogP) is -0.261. The maximum Gasteiger partial charge on any atom is 0.351 e. The number of anilines is 1. The molecule has 1 aromatic rings. The Labute approximate surface area is 94.6 Å². The third-order valence-electron chi connectivity index (χ3n) is 2.62. The van der Waals surface area contributed by atoms with Gasteiger partial charge in [-0.2, -0.15) is 13.8 Å². The summed E-state index contributed by atoms with van der Waals surface area (Å²) in [6.07, 6.45) is -3.84. The molecule has 0 unspecified atom stereocenters. The first-order valence-electron chi connectivity index (χ1n) is 4.90. The molecule has 0 amide bonds. The van der Waals surface area contributed by atoms with Crippen molar-refractivity contribution >= 4 is 5.82 Å². The molecule has 0 bridgehead atoms. The Morgan fingerprint density at radius 1 is 1.65 bits per heavy atom. The highest BCUT2D eigenvalue weighted by Gasteiger charge is 2.58. The molecule has 2 heterocycles. The summed E-state index contributed by atoms with van der Waals surface area (Å²) >= 11 is 0. The van der Waals surface area contributed by atoms with Crippen molar-refractivity contribution in [3.8, 4) is 0 Å². The van der Waals surface area contributed by atoms with Gasteiger partial charge in [0.05, 0.1) is 6.10 Å². The van der Waals surface area contributed by atoms with Gasteiger partial charge in [0.25, 0.3) is 0 Å². The second kappa shape index (κ2) is 3.74. The zero-order chi connectivity index (χ0) is 12.8. The fourth-order valence-corrected chi connectivity index (χ4v) is 1.68. The molecule has 6 nitrogen and oxygen atoms in total. The van der Waals surface area contributed by atoms with Gasteiger partial charge in [0.1, 0.15) is 11.9 Å². The van der Waals surface area contributed by atoms with Gasteiger partial charge >= 0.3 is 11.6 Å². The number of halogens is 2. The summed E-state index contributed by atoms with van der Waals surface area (Å²) in [5.41, 5.74) is 4.30. The van der Waals surface area contributed by atoms with Gasteiger partial charge in [0, 0.05) is 6.20 Å². The predicted molar refractivity (Wildman–Crippen MR) is 53.4 cm³/mol. The van der Waals surface area contributed by atoms with Crippen LogP contribution < -0.4 is 11.4 Å². The summed E-state index contributed by atoms with van der Waals surface area (Å²) in [4.78, 5) is 14.7. The quantitative estimate of drug-likeness (QED) is 0.713. The molecule has 1 saturated heterocycles. The third kappa shape index (κ3) is 1.79. The molecule has 0 aliphatic carbocycles. The van der Waals surface area contributed by atoms with E-state index in [1.54, 1.807) is 0 Å². The summed E-state index contributed by atoms with van der Waals surface area (Å²) in [5.74, 6) is -3.62. The number of rotatable bonds is 1. The Morgan fingerprint density at radius 3 is 2.76 bits per heavy atom. The number of aliphatic hydroxyl groups excluding tert-OH is 1. The van der Waals surface area contributed by atoms with Gasteiger partial charge in [-0.3, -0.25) is 4.57 Å².